The monoisotopic (exact) mass is 600 g/mol. The minimum atomic E-state index is -0.174. The SMILES string of the molecule is OCCOCCOCCOCCOCCc1c(N2CCCCC2)ccnc1N1CCC2C1CCCN2c1cccc(F)c1. The first kappa shape index (κ1) is 31.9. The summed E-state index contributed by atoms with van der Waals surface area (Å²) in [6, 6.07) is 9.97. The highest BCUT2D eigenvalue weighted by Crippen LogP contribution is 2.39. The lowest BCUT2D eigenvalue weighted by atomic mass is 9.95. The lowest BCUT2D eigenvalue weighted by Crippen LogP contribution is -2.50. The summed E-state index contributed by atoms with van der Waals surface area (Å²) in [5, 5.41) is 8.71. The summed E-state index contributed by atoms with van der Waals surface area (Å²) in [7, 11) is 0. The van der Waals surface area contributed by atoms with Gasteiger partial charge < -0.3 is 38.8 Å². The molecule has 3 fully saturated rings. The Balaban J connectivity index is 1.18. The molecule has 0 amide bonds. The van der Waals surface area contributed by atoms with E-state index < -0.39 is 0 Å². The topological polar surface area (TPSA) is 79.8 Å². The number of aromatic nitrogens is 1. The van der Waals surface area contributed by atoms with Crippen LogP contribution < -0.4 is 14.7 Å². The van der Waals surface area contributed by atoms with Gasteiger partial charge in [0.2, 0.25) is 0 Å². The van der Waals surface area contributed by atoms with Gasteiger partial charge in [0.25, 0.3) is 0 Å². The van der Waals surface area contributed by atoms with Crippen molar-refractivity contribution >= 4 is 17.2 Å². The van der Waals surface area contributed by atoms with Crippen molar-refractivity contribution in [3.05, 3.63) is 47.9 Å². The standard InChI is InChI=1S/C33H49FN4O5/c34-27-6-4-7-28(26-27)37-15-5-8-31-32(37)10-16-38(31)33-29(30(9-12-35-33)36-13-2-1-3-14-36)11-18-40-20-22-42-24-25-43-23-21-41-19-17-39/h4,6-7,9,12,26,31-32,39H,1-3,5,8,10-11,13-25H2. The van der Waals surface area contributed by atoms with E-state index in [0.29, 0.717) is 64.9 Å². The highest BCUT2D eigenvalue weighted by molar-refractivity contribution is 5.66. The highest BCUT2D eigenvalue weighted by Gasteiger charge is 2.41. The average molecular weight is 601 g/mol. The molecule has 1 aromatic carbocycles. The molecule has 3 aliphatic rings. The molecular weight excluding hydrogens is 551 g/mol. The summed E-state index contributed by atoms with van der Waals surface area (Å²) < 4.78 is 36.5. The summed E-state index contributed by atoms with van der Waals surface area (Å²) in [5.74, 6) is 0.920. The van der Waals surface area contributed by atoms with Crippen molar-refractivity contribution in [1.29, 1.82) is 0 Å². The zero-order chi connectivity index (χ0) is 29.7. The number of fused-ring (bicyclic) bond motifs is 1. The second-order valence-electron chi connectivity index (χ2n) is 11.5. The van der Waals surface area contributed by atoms with Crippen molar-refractivity contribution in [3.8, 4) is 0 Å². The van der Waals surface area contributed by atoms with Gasteiger partial charge in [-0.1, -0.05) is 6.07 Å². The number of aliphatic hydroxyl groups excluding tert-OH is 1. The Morgan fingerprint density at radius 2 is 1.44 bits per heavy atom. The van der Waals surface area contributed by atoms with Gasteiger partial charge in [0, 0.05) is 55.7 Å². The molecule has 0 saturated carbocycles. The lowest BCUT2D eigenvalue weighted by Gasteiger charge is -2.42. The predicted molar refractivity (Wildman–Crippen MR) is 167 cm³/mol. The smallest absolute Gasteiger partial charge is 0.134 e. The van der Waals surface area contributed by atoms with Crippen LogP contribution in [-0.2, 0) is 25.4 Å². The van der Waals surface area contributed by atoms with Crippen LogP contribution in [0.2, 0.25) is 0 Å². The molecule has 2 aromatic rings. The van der Waals surface area contributed by atoms with Crippen LogP contribution in [0.3, 0.4) is 0 Å². The summed E-state index contributed by atoms with van der Waals surface area (Å²) in [4.78, 5) is 12.5. The van der Waals surface area contributed by atoms with Crippen molar-refractivity contribution in [2.24, 2.45) is 0 Å². The fraction of sp³-hybridized carbons (Fsp3) is 0.667. The van der Waals surface area contributed by atoms with E-state index in [9.17, 15) is 4.39 Å². The second-order valence-corrected chi connectivity index (χ2v) is 11.5. The molecule has 3 saturated heterocycles. The molecule has 0 bridgehead atoms. The number of nitrogens with zero attached hydrogens (tertiary/aromatic N) is 4. The number of rotatable bonds is 17. The molecule has 0 aliphatic carbocycles. The van der Waals surface area contributed by atoms with Crippen LogP contribution in [0.15, 0.2) is 36.5 Å². The zero-order valence-electron chi connectivity index (χ0n) is 25.5. The van der Waals surface area contributed by atoms with Crippen molar-refractivity contribution in [2.75, 3.05) is 100 Å². The number of benzene rings is 1. The van der Waals surface area contributed by atoms with Crippen molar-refractivity contribution in [3.63, 3.8) is 0 Å². The van der Waals surface area contributed by atoms with Crippen LogP contribution in [-0.4, -0.2) is 108 Å². The number of hydrogen-bond donors (Lipinski definition) is 1. The molecule has 238 valence electrons. The van der Waals surface area contributed by atoms with E-state index in [1.54, 1.807) is 6.07 Å². The predicted octanol–water partition coefficient (Wildman–Crippen LogP) is 4.06. The van der Waals surface area contributed by atoms with Gasteiger partial charge in [-0.3, -0.25) is 0 Å². The van der Waals surface area contributed by atoms with Gasteiger partial charge in [-0.2, -0.15) is 0 Å². The minimum absolute atomic E-state index is 0.0285. The van der Waals surface area contributed by atoms with E-state index in [-0.39, 0.29) is 12.4 Å². The van der Waals surface area contributed by atoms with Gasteiger partial charge in [-0.25, -0.2) is 9.37 Å². The Morgan fingerprint density at radius 3 is 2.16 bits per heavy atom. The number of anilines is 3. The number of hydrogen-bond acceptors (Lipinski definition) is 9. The first-order valence-corrected chi connectivity index (χ1v) is 16.2. The Hall–Kier alpha value is -2.50. The fourth-order valence-electron chi connectivity index (χ4n) is 6.81. The Morgan fingerprint density at radius 1 is 0.744 bits per heavy atom. The molecule has 5 rings (SSSR count). The molecule has 0 radical (unpaired) electrons. The summed E-state index contributed by atoms with van der Waals surface area (Å²) >= 11 is 0. The normalized spacial score (nSPS) is 20.6. The molecule has 3 aliphatic heterocycles. The molecular formula is C33H49FN4O5. The maximum atomic E-state index is 14.1. The summed E-state index contributed by atoms with van der Waals surface area (Å²) in [6.45, 7) is 8.11. The van der Waals surface area contributed by atoms with E-state index >= 15 is 0 Å². The molecule has 1 N–H and O–H groups in total. The molecule has 10 heteroatoms. The third-order valence-corrected chi connectivity index (χ3v) is 8.77. The second kappa shape index (κ2) is 17.1. The van der Waals surface area contributed by atoms with Crippen LogP contribution in [0.25, 0.3) is 0 Å². The first-order valence-electron chi connectivity index (χ1n) is 16.2. The highest BCUT2D eigenvalue weighted by atomic mass is 19.1. The molecule has 0 spiro atoms. The number of aliphatic hydroxyl groups is 1. The van der Waals surface area contributed by atoms with Crippen LogP contribution in [0.1, 0.15) is 44.1 Å². The Kier molecular flexibility index (Phi) is 12.7. The van der Waals surface area contributed by atoms with Gasteiger partial charge in [-0.15, -0.1) is 0 Å². The van der Waals surface area contributed by atoms with Crippen LogP contribution in [0, 0.1) is 5.82 Å². The zero-order valence-corrected chi connectivity index (χ0v) is 25.5. The van der Waals surface area contributed by atoms with Gasteiger partial charge >= 0.3 is 0 Å². The lowest BCUT2D eigenvalue weighted by molar-refractivity contribution is -0.00522. The van der Waals surface area contributed by atoms with Crippen molar-refractivity contribution < 1.29 is 28.4 Å². The largest absolute Gasteiger partial charge is 0.394 e. The molecule has 2 unspecified atom stereocenters. The van der Waals surface area contributed by atoms with Gasteiger partial charge in [0.15, 0.2) is 0 Å². The average Bonchev–Trinajstić information content (AvgIpc) is 3.48. The summed E-state index contributed by atoms with van der Waals surface area (Å²) in [6.07, 6.45) is 9.78. The van der Waals surface area contributed by atoms with E-state index in [2.05, 4.69) is 20.8 Å². The van der Waals surface area contributed by atoms with E-state index in [0.717, 1.165) is 63.4 Å². The van der Waals surface area contributed by atoms with Gasteiger partial charge in [0.1, 0.15) is 11.6 Å². The number of piperidine rings is 2. The molecule has 2 atom stereocenters. The van der Waals surface area contributed by atoms with E-state index in [1.165, 1.54) is 36.6 Å². The van der Waals surface area contributed by atoms with Gasteiger partial charge in [-0.05, 0) is 62.8 Å². The summed E-state index contributed by atoms with van der Waals surface area (Å²) in [5.41, 5.74) is 3.57. The number of ether oxygens (including phenoxy) is 4. The van der Waals surface area contributed by atoms with Crippen molar-refractivity contribution in [2.45, 2.75) is 57.0 Å². The third-order valence-electron chi connectivity index (χ3n) is 8.77. The fourth-order valence-corrected chi connectivity index (χ4v) is 6.81. The Labute approximate surface area is 255 Å². The Bertz CT molecular complexity index is 1100. The van der Waals surface area contributed by atoms with Crippen molar-refractivity contribution in [1.82, 2.24) is 4.98 Å². The first-order chi connectivity index (χ1) is 21.3. The van der Waals surface area contributed by atoms with E-state index in [1.807, 2.05) is 18.3 Å². The maximum Gasteiger partial charge on any atom is 0.134 e. The van der Waals surface area contributed by atoms with E-state index in [4.69, 9.17) is 29.0 Å². The molecule has 9 nitrogen and oxygen atoms in total. The van der Waals surface area contributed by atoms with Gasteiger partial charge in [0.05, 0.1) is 71.5 Å². The molecule has 43 heavy (non-hydrogen) atoms. The van der Waals surface area contributed by atoms with Crippen LogP contribution >= 0.6 is 0 Å². The van der Waals surface area contributed by atoms with Crippen LogP contribution in [0.5, 0.6) is 0 Å². The minimum Gasteiger partial charge on any atom is -0.394 e. The third kappa shape index (κ3) is 8.79. The quantitative estimate of drug-likeness (QED) is 0.271. The molecule has 4 heterocycles. The maximum absolute atomic E-state index is 14.1. The molecule has 1 aromatic heterocycles. The van der Waals surface area contributed by atoms with Crippen LogP contribution in [0.4, 0.5) is 21.6 Å². The number of halogens is 1. The number of pyridine rings is 1.